The fourth-order valence-electron chi connectivity index (χ4n) is 2.07. The highest BCUT2D eigenvalue weighted by Crippen LogP contribution is 2.29. The number of rotatable bonds is 2. The topological polar surface area (TPSA) is 43.8 Å². The van der Waals surface area contributed by atoms with Crippen molar-refractivity contribution in [3.63, 3.8) is 0 Å². The lowest BCUT2D eigenvalue weighted by molar-refractivity contribution is 0.771. The van der Waals surface area contributed by atoms with Crippen molar-refractivity contribution < 1.29 is 0 Å². The molecule has 0 saturated carbocycles. The predicted octanol–water partition coefficient (Wildman–Crippen LogP) is 3.08. The van der Waals surface area contributed by atoms with Crippen molar-refractivity contribution in [1.29, 1.82) is 0 Å². The molecule has 3 nitrogen and oxygen atoms in total. The average molecular weight is 229 g/mol. The van der Waals surface area contributed by atoms with E-state index in [1.165, 1.54) is 16.7 Å². The van der Waals surface area contributed by atoms with E-state index in [-0.39, 0.29) is 0 Å². The van der Waals surface area contributed by atoms with Crippen LogP contribution in [-0.4, -0.2) is 9.55 Å². The SMILES string of the molecule is CCn1cnc(-c2cc(C)c(C)cc2C)c1N. The lowest BCUT2D eigenvalue weighted by atomic mass is 9.99. The van der Waals surface area contributed by atoms with Gasteiger partial charge in [0.05, 0.1) is 6.33 Å². The fourth-order valence-corrected chi connectivity index (χ4v) is 2.07. The number of nitrogens with zero attached hydrogens (tertiary/aromatic N) is 2. The molecule has 1 heterocycles. The molecule has 0 aliphatic heterocycles. The van der Waals surface area contributed by atoms with Gasteiger partial charge < -0.3 is 10.3 Å². The van der Waals surface area contributed by atoms with Crippen LogP contribution in [0.15, 0.2) is 18.5 Å². The maximum atomic E-state index is 6.10. The predicted molar refractivity (Wildman–Crippen MR) is 72.0 cm³/mol. The number of benzene rings is 1. The summed E-state index contributed by atoms with van der Waals surface area (Å²) < 4.78 is 1.96. The second-order valence-electron chi connectivity index (χ2n) is 4.52. The van der Waals surface area contributed by atoms with Crippen LogP contribution >= 0.6 is 0 Å². The van der Waals surface area contributed by atoms with Gasteiger partial charge in [-0.25, -0.2) is 4.98 Å². The Morgan fingerprint density at radius 1 is 1.12 bits per heavy atom. The quantitative estimate of drug-likeness (QED) is 0.860. The highest BCUT2D eigenvalue weighted by atomic mass is 15.1. The van der Waals surface area contributed by atoms with E-state index in [0.29, 0.717) is 0 Å². The molecular weight excluding hydrogens is 210 g/mol. The summed E-state index contributed by atoms with van der Waals surface area (Å²) in [6, 6.07) is 4.36. The van der Waals surface area contributed by atoms with Crippen molar-refractivity contribution >= 4 is 5.82 Å². The molecule has 0 radical (unpaired) electrons. The molecule has 1 aromatic heterocycles. The summed E-state index contributed by atoms with van der Waals surface area (Å²) >= 11 is 0. The standard InChI is InChI=1S/C14H19N3/c1-5-17-8-16-13(14(17)15)12-7-10(3)9(2)6-11(12)4/h6-8H,5,15H2,1-4H3. The van der Waals surface area contributed by atoms with E-state index < -0.39 is 0 Å². The van der Waals surface area contributed by atoms with Crippen LogP contribution in [0.5, 0.6) is 0 Å². The first-order valence-corrected chi connectivity index (χ1v) is 5.93. The van der Waals surface area contributed by atoms with E-state index in [9.17, 15) is 0 Å². The number of hydrogen-bond donors (Lipinski definition) is 1. The molecule has 0 bridgehead atoms. The van der Waals surface area contributed by atoms with Crippen molar-refractivity contribution in [3.05, 3.63) is 35.2 Å². The molecule has 0 unspecified atom stereocenters. The molecule has 3 heteroatoms. The normalized spacial score (nSPS) is 10.8. The lowest BCUT2D eigenvalue weighted by Gasteiger charge is -2.09. The number of aromatic nitrogens is 2. The van der Waals surface area contributed by atoms with E-state index in [0.717, 1.165) is 23.6 Å². The van der Waals surface area contributed by atoms with Gasteiger partial charge in [0.15, 0.2) is 0 Å². The minimum atomic E-state index is 0.749. The molecule has 17 heavy (non-hydrogen) atoms. The summed E-state index contributed by atoms with van der Waals surface area (Å²) in [6.07, 6.45) is 1.80. The summed E-state index contributed by atoms with van der Waals surface area (Å²) in [7, 11) is 0. The first-order chi connectivity index (χ1) is 8.04. The lowest BCUT2D eigenvalue weighted by Crippen LogP contribution is -2.00. The zero-order valence-corrected chi connectivity index (χ0v) is 10.9. The second-order valence-corrected chi connectivity index (χ2v) is 4.52. The molecule has 0 atom stereocenters. The third kappa shape index (κ3) is 1.93. The van der Waals surface area contributed by atoms with Gasteiger partial charge in [-0.05, 0) is 50.5 Å². The Labute approximate surface area is 102 Å². The van der Waals surface area contributed by atoms with Crippen LogP contribution in [0.3, 0.4) is 0 Å². The highest BCUT2D eigenvalue weighted by Gasteiger charge is 2.12. The van der Waals surface area contributed by atoms with Gasteiger partial charge in [-0.1, -0.05) is 6.07 Å². The molecule has 1 aromatic carbocycles. The average Bonchev–Trinajstić information content (AvgIpc) is 2.65. The van der Waals surface area contributed by atoms with Gasteiger partial charge in [0.2, 0.25) is 0 Å². The van der Waals surface area contributed by atoms with Crippen LogP contribution in [0, 0.1) is 20.8 Å². The Kier molecular flexibility index (Phi) is 2.92. The summed E-state index contributed by atoms with van der Waals surface area (Å²) in [4.78, 5) is 4.43. The summed E-state index contributed by atoms with van der Waals surface area (Å²) in [6.45, 7) is 9.26. The zero-order valence-electron chi connectivity index (χ0n) is 10.9. The summed E-state index contributed by atoms with van der Waals surface area (Å²) in [5, 5.41) is 0. The summed E-state index contributed by atoms with van der Waals surface area (Å²) in [5.41, 5.74) is 11.9. The Morgan fingerprint density at radius 2 is 1.76 bits per heavy atom. The molecule has 0 spiro atoms. The van der Waals surface area contributed by atoms with Gasteiger partial charge in [0, 0.05) is 12.1 Å². The van der Waals surface area contributed by atoms with E-state index >= 15 is 0 Å². The van der Waals surface area contributed by atoms with E-state index in [1.807, 2.05) is 4.57 Å². The van der Waals surface area contributed by atoms with Crippen molar-refractivity contribution in [2.24, 2.45) is 0 Å². The molecule has 0 amide bonds. The van der Waals surface area contributed by atoms with Gasteiger partial charge in [-0.2, -0.15) is 0 Å². The van der Waals surface area contributed by atoms with E-state index in [2.05, 4.69) is 44.8 Å². The Hall–Kier alpha value is -1.77. The van der Waals surface area contributed by atoms with Gasteiger partial charge >= 0.3 is 0 Å². The Bertz CT molecular complexity index is 553. The van der Waals surface area contributed by atoms with Gasteiger partial charge in [0.25, 0.3) is 0 Å². The Morgan fingerprint density at radius 3 is 2.35 bits per heavy atom. The first-order valence-electron chi connectivity index (χ1n) is 5.93. The van der Waals surface area contributed by atoms with E-state index in [4.69, 9.17) is 5.73 Å². The molecule has 0 aliphatic rings. The second kappa shape index (κ2) is 4.24. The number of nitrogen functional groups attached to an aromatic ring is 1. The first kappa shape index (κ1) is 11.7. The molecule has 2 rings (SSSR count). The van der Waals surface area contributed by atoms with Crippen molar-refractivity contribution in [2.45, 2.75) is 34.2 Å². The monoisotopic (exact) mass is 229 g/mol. The van der Waals surface area contributed by atoms with Crippen LogP contribution in [0.4, 0.5) is 5.82 Å². The third-order valence-corrected chi connectivity index (χ3v) is 3.31. The minimum absolute atomic E-state index is 0.749. The van der Waals surface area contributed by atoms with Crippen LogP contribution in [0.1, 0.15) is 23.6 Å². The van der Waals surface area contributed by atoms with Crippen LogP contribution in [0.2, 0.25) is 0 Å². The van der Waals surface area contributed by atoms with Gasteiger partial charge in [0.1, 0.15) is 11.5 Å². The van der Waals surface area contributed by atoms with Gasteiger partial charge in [-0.15, -0.1) is 0 Å². The molecule has 2 aromatic rings. The van der Waals surface area contributed by atoms with Crippen molar-refractivity contribution in [3.8, 4) is 11.3 Å². The number of nitrogens with two attached hydrogens (primary N) is 1. The van der Waals surface area contributed by atoms with Crippen LogP contribution < -0.4 is 5.73 Å². The summed E-state index contributed by atoms with van der Waals surface area (Å²) in [5.74, 6) is 0.749. The minimum Gasteiger partial charge on any atom is -0.383 e. The van der Waals surface area contributed by atoms with Crippen LogP contribution in [0.25, 0.3) is 11.3 Å². The number of imidazole rings is 1. The molecular formula is C14H19N3. The van der Waals surface area contributed by atoms with Gasteiger partial charge in [-0.3, -0.25) is 0 Å². The Balaban J connectivity index is 2.60. The van der Waals surface area contributed by atoms with Crippen LogP contribution in [-0.2, 0) is 6.54 Å². The van der Waals surface area contributed by atoms with Crippen molar-refractivity contribution in [2.75, 3.05) is 5.73 Å². The number of hydrogen-bond acceptors (Lipinski definition) is 2. The zero-order chi connectivity index (χ0) is 12.6. The molecule has 0 aliphatic carbocycles. The molecule has 0 saturated heterocycles. The maximum Gasteiger partial charge on any atom is 0.131 e. The largest absolute Gasteiger partial charge is 0.383 e. The smallest absolute Gasteiger partial charge is 0.131 e. The molecule has 90 valence electrons. The molecule has 2 N–H and O–H groups in total. The highest BCUT2D eigenvalue weighted by molar-refractivity contribution is 5.74. The van der Waals surface area contributed by atoms with Crippen molar-refractivity contribution in [1.82, 2.24) is 9.55 Å². The maximum absolute atomic E-state index is 6.10. The van der Waals surface area contributed by atoms with E-state index in [1.54, 1.807) is 6.33 Å². The fraction of sp³-hybridized carbons (Fsp3) is 0.357. The number of anilines is 1. The number of aryl methyl sites for hydroxylation is 4. The molecule has 0 fully saturated rings. The third-order valence-electron chi connectivity index (χ3n) is 3.31.